The Hall–Kier alpha value is -1.88. The van der Waals surface area contributed by atoms with E-state index in [2.05, 4.69) is 5.32 Å². The number of aliphatic hydroxyl groups excluding tert-OH is 1. The molecule has 0 fully saturated rings. The maximum Gasteiger partial charge on any atom is 0.316 e. The molecule has 2 amide bonds. The number of carbonyl (C=O) groups is 2. The molecule has 2 N–H and O–H groups in total. The van der Waals surface area contributed by atoms with Gasteiger partial charge in [0, 0.05) is 24.2 Å². The predicted octanol–water partition coefficient (Wildman–Crippen LogP) is 2.04. The monoisotopic (exact) mass is 332 g/mol. The highest BCUT2D eigenvalue weighted by Gasteiger charge is 2.33. The molecule has 0 aliphatic carbocycles. The normalized spacial score (nSPS) is 15.4. The van der Waals surface area contributed by atoms with E-state index in [1.807, 2.05) is 52.8 Å². The molecule has 1 aromatic carbocycles. The van der Waals surface area contributed by atoms with Crippen LogP contribution in [0.2, 0.25) is 0 Å². The number of hydrogen-bond donors (Lipinski definition) is 2. The predicted molar refractivity (Wildman–Crippen MR) is 94.9 cm³/mol. The highest BCUT2D eigenvalue weighted by molar-refractivity contribution is 6.40. The number of aryl methyl sites for hydroxylation is 1. The molecular weight excluding hydrogens is 304 g/mol. The third-order valence-electron chi connectivity index (χ3n) is 4.71. The first-order valence-electron chi connectivity index (χ1n) is 8.51. The minimum Gasteiger partial charge on any atom is -0.392 e. The Morgan fingerprint density at radius 2 is 2.00 bits per heavy atom. The zero-order chi connectivity index (χ0) is 18.1. The fourth-order valence-corrected chi connectivity index (χ4v) is 3.21. The van der Waals surface area contributed by atoms with Crippen LogP contribution < -0.4 is 10.2 Å². The van der Waals surface area contributed by atoms with Gasteiger partial charge in [-0.1, -0.05) is 39.8 Å². The van der Waals surface area contributed by atoms with Crippen LogP contribution in [0.25, 0.3) is 0 Å². The average Bonchev–Trinajstić information content (AvgIpc) is 2.93. The Labute approximate surface area is 144 Å². The molecule has 1 heterocycles. The summed E-state index contributed by atoms with van der Waals surface area (Å²) in [5, 5.41) is 12.9. The number of hydrogen-bond acceptors (Lipinski definition) is 3. The first kappa shape index (κ1) is 18.5. The van der Waals surface area contributed by atoms with E-state index in [-0.39, 0.29) is 12.5 Å². The van der Waals surface area contributed by atoms with Crippen LogP contribution in [-0.2, 0) is 16.0 Å². The largest absolute Gasteiger partial charge is 0.392 e. The summed E-state index contributed by atoms with van der Waals surface area (Å²) in [4.78, 5) is 26.3. The molecule has 24 heavy (non-hydrogen) atoms. The summed E-state index contributed by atoms with van der Waals surface area (Å²) < 4.78 is 0. The standard InChI is InChI=1S/C19H28N2O3/c1-12(2)16(22)19(4,5)11-20-17(23)18(24)21-9-8-14-7-6-13(3)10-15(14)21/h6-7,10,12,16,22H,8-9,11H2,1-5H3,(H,20,23). The number of anilines is 1. The van der Waals surface area contributed by atoms with E-state index in [0.717, 1.165) is 23.2 Å². The summed E-state index contributed by atoms with van der Waals surface area (Å²) in [5.74, 6) is -1.07. The summed E-state index contributed by atoms with van der Waals surface area (Å²) in [6, 6.07) is 5.97. The van der Waals surface area contributed by atoms with E-state index in [1.165, 1.54) is 0 Å². The van der Waals surface area contributed by atoms with Crippen LogP contribution in [0.15, 0.2) is 18.2 Å². The van der Waals surface area contributed by atoms with Gasteiger partial charge in [0.1, 0.15) is 0 Å². The number of amides is 2. The molecule has 1 aromatic rings. The highest BCUT2D eigenvalue weighted by Crippen LogP contribution is 2.29. The molecule has 0 radical (unpaired) electrons. The molecule has 0 spiro atoms. The highest BCUT2D eigenvalue weighted by atomic mass is 16.3. The zero-order valence-corrected chi connectivity index (χ0v) is 15.2. The molecule has 0 saturated carbocycles. The van der Waals surface area contributed by atoms with Gasteiger partial charge in [0.2, 0.25) is 0 Å². The van der Waals surface area contributed by atoms with Crippen LogP contribution in [0.4, 0.5) is 5.69 Å². The lowest BCUT2D eigenvalue weighted by molar-refractivity contribution is -0.138. The van der Waals surface area contributed by atoms with Crippen LogP contribution in [0.3, 0.4) is 0 Å². The van der Waals surface area contributed by atoms with Gasteiger partial charge in [-0.15, -0.1) is 0 Å². The molecule has 132 valence electrons. The van der Waals surface area contributed by atoms with Gasteiger partial charge in [-0.25, -0.2) is 0 Å². The second-order valence-electron chi connectivity index (χ2n) is 7.70. The second kappa shape index (κ2) is 6.93. The van der Waals surface area contributed by atoms with Crippen molar-refractivity contribution >= 4 is 17.5 Å². The van der Waals surface area contributed by atoms with Crippen molar-refractivity contribution in [2.75, 3.05) is 18.0 Å². The van der Waals surface area contributed by atoms with Crippen LogP contribution in [0.1, 0.15) is 38.8 Å². The molecule has 0 bridgehead atoms. The Morgan fingerprint density at radius 3 is 2.62 bits per heavy atom. The van der Waals surface area contributed by atoms with Gasteiger partial charge in [0.15, 0.2) is 0 Å². The van der Waals surface area contributed by atoms with Crippen LogP contribution >= 0.6 is 0 Å². The van der Waals surface area contributed by atoms with Crippen molar-refractivity contribution in [1.29, 1.82) is 0 Å². The van der Waals surface area contributed by atoms with E-state index in [9.17, 15) is 14.7 Å². The molecule has 2 rings (SSSR count). The molecule has 1 unspecified atom stereocenters. The van der Waals surface area contributed by atoms with Gasteiger partial charge >= 0.3 is 11.8 Å². The molecule has 0 aromatic heterocycles. The lowest BCUT2D eigenvalue weighted by Crippen LogP contribution is -2.48. The molecule has 1 aliphatic heterocycles. The molecule has 0 saturated heterocycles. The second-order valence-corrected chi connectivity index (χ2v) is 7.70. The maximum atomic E-state index is 12.5. The minimum atomic E-state index is -0.617. The van der Waals surface area contributed by atoms with Crippen molar-refractivity contribution in [3.05, 3.63) is 29.3 Å². The van der Waals surface area contributed by atoms with Gasteiger partial charge < -0.3 is 15.3 Å². The van der Waals surface area contributed by atoms with Crippen molar-refractivity contribution in [1.82, 2.24) is 5.32 Å². The van der Waals surface area contributed by atoms with Crippen molar-refractivity contribution in [3.8, 4) is 0 Å². The third kappa shape index (κ3) is 3.78. The van der Waals surface area contributed by atoms with E-state index in [4.69, 9.17) is 0 Å². The SMILES string of the molecule is Cc1ccc2c(c1)N(C(=O)C(=O)NCC(C)(C)C(O)C(C)C)CC2. The number of benzene rings is 1. The van der Waals surface area contributed by atoms with Gasteiger partial charge in [-0.2, -0.15) is 0 Å². The lowest BCUT2D eigenvalue weighted by atomic mass is 9.81. The average molecular weight is 332 g/mol. The van der Waals surface area contributed by atoms with Crippen LogP contribution in [0.5, 0.6) is 0 Å². The van der Waals surface area contributed by atoms with Crippen molar-refractivity contribution in [2.24, 2.45) is 11.3 Å². The number of rotatable bonds is 4. The quantitative estimate of drug-likeness (QED) is 0.829. The first-order valence-corrected chi connectivity index (χ1v) is 8.51. The number of carbonyl (C=O) groups excluding carboxylic acids is 2. The molecular formula is C19H28N2O3. The Balaban J connectivity index is 2.02. The molecule has 5 nitrogen and oxygen atoms in total. The van der Waals surface area contributed by atoms with E-state index in [1.54, 1.807) is 4.90 Å². The zero-order valence-electron chi connectivity index (χ0n) is 15.2. The first-order chi connectivity index (χ1) is 11.1. The van der Waals surface area contributed by atoms with Gasteiger partial charge in [-0.05, 0) is 36.5 Å². The van der Waals surface area contributed by atoms with Crippen molar-refractivity contribution in [2.45, 2.75) is 47.1 Å². The number of nitrogens with zero attached hydrogens (tertiary/aromatic N) is 1. The maximum absolute atomic E-state index is 12.5. The summed E-state index contributed by atoms with van der Waals surface area (Å²) in [7, 11) is 0. The lowest BCUT2D eigenvalue weighted by Gasteiger charge is -2.33. The molecule has 1 atom stereocenters. The summed E-state index contributed by atoms with van der Waals surface area (Å²) >= 11 is 0. The third-order valence-corrected chi connectivity index (χ3v) is 4.71. The fourth-order valence-electron chi connectivity index (χ4n) is 3.21. The van der Waals surface area contributed by atoms with Gasteiger partial charge in [0.05, 0.1) is 6.10 Å². The van der Waals surface area contributed by atoms with Crippen molar-refractivity contribution < 1.29 is 14.7 Å². The van der Waals surface area contributed by atoms with Crippen LogP contribution in [-0.4, -0.2) is 36.1 Å². The Morgan fingerprint density at radius 1 is 1.33 bits per heavy atom. The number of fused-ring (bicyclic) bond motifs is 1. The smallest absolute Gasteiger partial charge is 0.316 e. The van der Waals surface area contributed by atoms with E-state index in [0.29, 0.717) is 6.54 Å². The summed E-state index contributed by atoms with van der Waals surface area (Å²) in [5.41, 5.74) is 2.49. The Kier molecular flexibility index (Phi) is 5.33. The van der Waals surface area contributed by atoms with E-state index >= 15 is 0 Å². The molecule has 1 aliphatic rings. The Bertz CT molecular complexity index is 637. The van der Waals surface area contributed by atoms with E-state index < -0.39 is 23.3 Å². The summed E-state index contributed by atoms with van der Waals surface area (Å²) in [6.45, 7) is 10.4. The van der Waals surface area contributed by atoms with Crippen molar-refractivity contribution in [3.63, 3.8) is 0 Å². The van der Waals surface area contributed by atoms with Gasteiger partial charge in [-0.3, -0.25) is 9.59 Å². The fraction of sp³-hybridized carbons (Fsp3) is 0.579. The van der Waals surface area contributed by atoms with Crippen LogP contribution in [0, 0.1) is 18.3 Å². The minimum absolute atomic E-state index is 0.0843. The molecule has 5 heteroatoms. The van der Waals surface area contributed by atoms with Gasteiger partial charge in [0.25, 0.3) is 0 Å². The number of aliphatic hydroxyl groups is 1. The number of nitrogens with one attached hydrogen (secondary N) is 1. The topological polar surface area (TPSA) is 69.6 Å². The summed E-state index contributed by atoms with van der Waals surface area (Å²) in [6.07, 6.45) is 0.217.